The van der Waals surface area contributed by atoms with E-state index in [2.05, 4.69) is 0 Å². The molecule has 2 rings (SSSR count). The van der Waals surface area contributed by atoms with Crippen molar-refractivity contribution in [3.63, 3.8) is 0 Å². The van der Waals surface area contributed by atoms with Crippen molar-refractivity contribution in [2.45, 2.75) is 0 Å². The summed E-state index contributed by atoms with van der Waals surface area (Å²) in [5.74, 6) is -0.659. The van der Waals surface area contributed by atoms with Crippen LogP contribution in [-0.4, -0.2) is 15.3 Å². The third-order valence-corrected chi connectivity index (χ3v) is 3.79. The molecular weight excluding hydrogens is 289 g/mol. The molecule has 0 saturated carbocycles. The van der Waals surface area contributed by atoms with Crippen LogP contribution in [0.3, 0.4) is 0 Å². The monoisotopic (exact) mass is 291 g/mol. The molecule has 0 aromatic heterocycles. The highest BCUT2D eigenvalue weighted by Gasteiger charge is 2.36. The number of halogens is 2. The van der Waals surface area contributed by atoms with E-state index in [9.17, 15) is 9.59 Å². The largest absolute Gasteiger partial charge is 0.311 e. The Morgan fingerprint density at radius 1 is 1.19 bits per heavy atom. The lowest BCUT2D eigenvalue weighted by Gasteiger charge is -2.14. The van der Waals surface area contributed by atoms with Crippen LogP contribution in [0.5, 0.6) is 0 Å². The highest BCUT2D eigenvalue weighted by Crippen LogP contribution is 2.32. The Balaban J connectivity index is 2.45. The number of carbonyl (C=O) groups is 2. The zero-order valence-corrected chi connectivity index (χ0v) is 10.7. The fraction of sp³-hybridized carbons (Fsp3) is 0. The fourth-order valence-corrected chi connectivity index (χ4v) is 2.51. The number of amides is 1. The molecule has 0 unspecified atom stereocenters. The molecule has 1 amide bonds. The van der Waals surface area contributed by atoms with E-state index in [-0.39, 0.29) is 4.32 Å². The van der Waals surface area contributed by atoms with E-state index in [4.69, 9.17) is 35.4 Å². The Kier molecular flexibility index (Phi) is 3.21. The third kappa shape index (κ3) is 1.96. The molecule has 7 heteroatoms. The number of anilines is 1. The fourth-order valence-electron chi connectivity index (χ4n) is 1.19. The summed E-state index contributed by atoms with van der Waals surface area (Å²) in [5.41, 5.74) is 0.447. The van der Waals surface area contributed by atoms with Gasteiger partial charge in [0.05, 0.1) is 15.7 Å². The molecule has 3 nitrogen and oxygen atoms in total. The molecule has 0 bridgehead atoms. The lowest BCUT2D eigenvalue weighted by molar-refractivity contribution is -0.130. The van der Waals surface area contributed by atoms with Crippen molar-refractivity contribution in [1.29, 1.82) is 0 Å². The van der Waals surface area contributed by atoms with Gasteiger partial charge in [0.25, 0.3) is 5.12 Å². The van der Waals surface area contributed by atoms with Gasteiger partial charge in [0.15, 0.2) is 4.32 Å². The van der Waals surface area contributed by atoms with Crippen molar-refractivity contribution in [2.24, 2.45) is 0 Å². The normalized spacial score (nSPS) is 16.1. The van der Waals surface area contributed by atoms with Gasteiger partial charge in [-0.05, 0) is 30.0 Å². The topological polar surface area (TPSA) is 37.4 Å². The van der Waals surface area contributed by atoms with Gasteiger partial charge in [-0.25, -0.2) is 0 Å². The van der Waals surface area contributed by atoms with Gasteiger partial charge >= 0.3 is 5.91 Å². The molecule has 0 N–H and O–H groups in total. The van der Waals surface area contributed by atoms with Crippen LogP contribution in [-0.2, 0) is 9.59 Å². The van der Waals surface area contributed by atoms with Crippen LogP contribution in [0.25, 0.3) is 0 Å². The zero-order chi connectivity index (χ0) is 11.9. The Bertz CT molecular complexity index is 518. The molecular formula is C9H3Cl2NO2S2. The molecule has 16 heavy (non-hydrogen) atoms. The van der Waals surface area contributed by atoms with Gasteiger partial charge in [0.1, 0.15) is 0 Å². The van der Waals surface area contributed by atoms with E-state index in [1.165, 1.54) is 6.07 Å². The Morgan fingerprint density at radius 2 is 1.88 bits per heavy atom. The van der Waals surface area contributed by atoms with Crippen LogP contribution >= 0.6 is 47.2 Å². The Hall–Kier alpha value is -0.620. The van der Waals surface area contributed by atoms with Crippen LogP contribution in [0.15, 0.2) is 18.2 Å². The molecule has 1 aromatic rings. The number of rotatable bonds is 1. The molecule has 1 saturated heterocycles. The molecule has 1 aromatic carbocycles. The summed E-state index contributed by atoms with van der Waals surface area (Å²) >= 11 is 17.2. The molecule has 0 aliphatic carbocycles. The van der Waals surface area contributed by atoms with Crippen molar-refractivity contribution in [3.05, 3.63) is 28.2 Å². The molecule has 82 valence electrons. The molecule has 1 aliphatic heterocycles. The number of benzene rings is 1. The van der Waals surface area contributed by atoms with Gasteiger partial charge < -0.3 is 0 Å². The van der Waals surface area contributed by atoms with Crippen molar-refractivity contribution in [2.75, 3.05) is 4.90 Å². The molecule has 1 aliphatic rings. The smallest absolute Gasteiger partial charge is 0.275 e. The van der Waals surface area contributed by atoms with E-state index >= 15 is 0 Å². The number of carbonyl (C=O) groups excluding carboxylic acids is 2. The minimum atomic E-state index is -0.659. The maximum absolute atomic E-state index is 11.5. The van der Waals surface area contributed by atoms with Crippen LogP contribution in [0.2, 0.25) is 10.0 Å². The summed E-state index contributed by atoms with van der Waals surface area (Å²) in [6, 6.07) is 4.62. The predicted molar refractivity (Wildman–Crippen MR) is 69.1 cm³/mol. The Morgan fingerprint density at radius 3 is 2.38 bits per heavy atom. The molecule has 0 radical (unpaired) electrons. The van der Waals surface area contributed by atoms with Gasteiger partial charge in [0, 0.05) is 0 Å². The summed E-state index contributed by atoms with van der Waals surface area (Å²) in [5, 5.41) is 0.0946. The van der Waals surface area contributed by atoms with E-state index in [0.29, 0.717) is 15.7 Å². The molecule has 1 fully saturated rings. The quantitative estimate of drug-likeness (QED) is 0.589. The second kappa shape index (κ2) is 4.33. The number of thioether (sulfide) groups is 1. The highest BCUT2D eigenvalue weighted by molar-refractivity contribution is 8.35. The van der Waals surface area contributed by atoms with Crippen molar-refractivity contribution < 1.29 is 9.59 Å². The summed E-state index contributed by atoms with van der Waals surface area (Å²) in [6.45, 7) is 0. The van der Waals surface area contributed by atoms with Crippen LogP contribution < -0.4 is 4.90 Å². The van der Waals surface area contributed by atoms with Gasteiger partial charge in [-0.15, -0.1) is 0 Å². The lowest BCUT2D eigenvalue weighted by Crippen LogP contribution is -2.29. The van der Waals surface area contributed by atoms with E-state index in [1.807, 2.05) is 0 Å². The molecule has 1 heterocycles. The van der Waals surface area contributed by atoms with Crippen molar-refractivity contribution >= 4 is 68.2 Å². The zero-order valence-electron chi connectivity index (χ0n) is 7.57. The minimum absolute atomic E-state index is 0.202. The lowest BCUT2D eigenvalue weighted by atomic mass is 10.3. The molecule has 0 spiro atoms. The van der Waals surface area contributed by atoms with Crippen LogP contribution in [0, 0.1) is 0 Å². The van der Waals surface area contributed by atoms with Crippen molar-refractivity contribution in [3.8, 4) is 0 Å². The van der Waals surface area contributed by atoms with Gasteiger partial charge in [0.2, 0.25) is 0 Å². The molecule has 0 atom stereocenters. The summed E-state index contributed by atoms with van der Waals surface area (Å²) < 4.78 is 0.202. The van der Waals surface area contributed by atoms with Gasteiger partial charge in [-0.2, -0.15) is 0 Å². The first-order chi connectivity index (χ1) is 7.50. The van der Waals surface area contributed by atoms with Gasteiger partial charge in [-0.3, -0.25) is 14.5 Å². The average molecular weight is 292 g/mol. The number of hydrogen-bond donors (Lipinski definition) is 0. The number of nitrogens with zero attached hydrogens (tertiary/aromatic N) is 1. The maximum Gasteiger partial charge on any atom is 0.311 e. The van der Waals surface area contributed by atoms with Crippen LogP contribution in [0.1, 0.15) is 0 Å². The van der Waals surface area contributed by atoms with E-state index in [0.717, 1.165) is 16.7 Å². The SMILES string of the molecule is O=C1SC(=S)N(c2ccc(Cl)c(Cl)c2)C1=O. The van der Waals surface area contributed by atoms with Crippen molar-refractivity contribution in [1.82, 2.24) is 0 Å². The first-order valence-electron chi connectivity index (χ1n) is 4.06. The van der Waals surface area contributed by atoms with Gasteiger partial charge in [-0.1, -0.05) is 35.4 Å². The summed E-state index contributed by atoms with van der Waals surface area (Å²) in [4.78, 5) is 23.8. The average Bonchev–Trinajstić information content (AvgIpc) is 2.47. The highest BCUT2D eigenvalue weighted by atomic mass is 35.5. The summed E-state index contributed by atoms with van der Waals surface area (Å²) in [7, 11) is 0. The van der Waals surface area contributed by atoms with E-state index < -0.39 is 11.0 Å². The maximum atomic E-state index is 11.5. The van der Waals surface area contributed by atoms with E-state index in [1.54, 1.807) is 12.1 Å². The first-order valence-corrected chi connectivity index (χ1v) is 6.04. The second-order valence-corrected chi connectivity index (χ2v) is 5.32. The summed E-state index contributed by atoms with van der Waals surface area (Å²) in [6.07, 6.45) is 0. The predicted octanol–water partition coefficient (Wildman–Crippen LogP) is 2.88. The third-order valence-electron chi connectivity index (χ3n) is 1.90. The second-order valence-electron chi connectivity index (χ2n) is 2.89. The number of hydrogen-bond acceptors (Lipinski definition) is 4. The Labute approximate surface area is 111 Å². The number of thiocarbonyl (C=S) groups is 1. The van der Waals surface area contributed by atoms with Crippen LogP contribution in [0.4, 0.5) is 5.69 Å². The standard InChI is InChI=1S/C9H3Cl2NO2S2/c10-5-2-1-4(3-6(5)11)12-7(13)8(14)16-9(12)15/h1-3H. The first kappa shape index (κ1) is 11.9. The minimum Gasteiger partial charge on any atom is -0.275 e.